The van der Waals surface area contributed by atoms with Crippen LogP contribution in [0.25, 0.3) is 0 Å². The zero-order valence-electron chi connectivity index (χ0n) is 2.84. The van der Waals surface area contributed by atoms with E-state index >= 15 is 0 Å². The van der Waals surface area contributed by atoms with Gasteiger partial charge in [0.25, 0.3) is 11.9 Å². The van der Waals surface area contributed by atoms with Crippen molar-refractivity contribution in [3.05, 3.63) is 10.6 Å². The van der Waals surface area contributed by atoms with Crippen molar-refractivity contribution in [2.24, 2.45) is 0 Å². The molecule has 0 spiro atoms. The first kappa shape index (κ1) is 5.45. The molecule has 1 aromatic heterocycles. The molecule has 6 heavy (non-hydrogen) atoms. The zero-order chi connectivity index (χ0) is 3.70. The first-order valence-corrected chi connectivity index (χ1v) is 1.61. The smallest absolute Gasteiger partial charge is 0.344 e. The third-order valence-corrected chi connectivity index (χ3v) is 0.612. The van der Waals surface area contributed by atoms with Gasteiger partial charge >= 0.3 is 5.82 Å². The Hall–Kier alpha value is -0.550. The fraction of sp³-hybridized carbons (Fsp3) is 0. The van der Waals surface area contributed by atoms with E-state index in [0.29, 0.717) is 11.9 Å². The van der Waals surface area contributed by atoms with E-state index in [4.69, 9.17) is 0 Å². The largest absolute Gasteiger partial charge is 0.546 e. The minimum absolute atomic E-state index is 0. The maximum atomic E-state index is 9.43. The van der Waals surface area contributed by atoms with Gasteiger partial charge in [-0.3, -0.25) is 7.70 Å². The van der Waals surface area contributed by atoms with Crippen molar-refractivity contribution in [2.75, 3.05) is 0 Å². The lowest BCUT2D eigenvalue weighted by Crippen LogP contribution is -1.92. The Balaban J connectivity index is 0.000000250. The number of hydrogen-bond donors (Lipinski definition) is 1. The highest BCUT2D eigenvalue weighted by Gasteiger charge is 1.83. The van der Waals surface area contributed by atoms with Crippen LogP contribution in [0.15, 0.2) is 12.5 Å². The predicted octanol–water partition coefficient (Wildman–Crippen LogP) is 0.456. The van der Waals surface area contributed by atoms with Crippen LogP contribution in [0.2, 0.25) is 0 Å². The molecular weight excluding hydrogens is 106 g/mol. The molecule has 1 heterocycles. The lowest BCUT2D eigenvalue weighted by Gasteiger charge is -1.69. The van der Waals surface area contributed by atoms with Crippen LogP contribution in [0.4, 0.5) is 0 Å². The summed E-state index contributed by atoms with van der Waals surface area (Å²) in [5.41, 5.74) is 0. The molecule has 0 aromatic carbocycles. The standard InChI is InChI=1S/CO3S.H3N/c2-1-3-5-4-1;/h;1H3. The number of hydrogen-bond acceptors (Lipinski definition) is 5. The van der Waals surface area contributed by atoms with Gasteiger partial charge < -0.3 is 6.15 Å². The molecule has 4 nitrogen and oxygen atoms in total. The normalized spacial score (nSPS) is 7.33. The summed E-state index contributed by atoms with van der Waals surface area (Å²) in [5.74, 6) is -0.602. The van der Waals surface area contributed by atoms with Gasteiger partial charge in [-0.2, -0.15) is 0 Å². The molecule has 0 aliphatic heterocycles. The van der Waals surface area contributed by atoms with Gasteiger partial charge in [0, 0.05) is 0 Å². The van der Waals surface area contributed by atoms with E-state index < -0.39 is 5.82 Å². The summed E-state index contributed by atoms with van der Waals surface area (Å²) in [6, 6.07) is 0. The molecule has 1 aromatic rings. The molecule has 0 bridgehead atoms. The van der Waals surface area contributed by atoms with Crippen molar-refractivity contribution in [2.45, 2.75) is 0 Å². The molecule has 0 fully saturated rings. The molecule has 5 heteroatoms. The highest BCUT2D eigenvalue weighted by atomic mass is 32.1. The maximum Gasteiger partial charge on any atom is 0.546 e. The summed E-state index contributed by atoms with van der Waals surface area (Å²) < 4.78 is 7.97. The van der Waals surface area contributed by atoms with Crippen molar-refractivity contribution in [3.63, 3.8) is 0 Å². The van der Waals surface area contributed by atoms with Gasteiger partial charge in [0.1, 0.15) is 0 Å². The van der Waals surface area contributed by atoms with Crippen LogP contribution in [-0.2, 0) is 0 Å². The molecule has 0 saturated carbocycles. The predicted molar refractivity (Wildman–Crippen MR) is 20.1 cm³/mol. The lowest BCUT2D eigenvalue weighted by atomic mass is 11.6. The Morgan fingerprint density at radius 3 is 1.83 bits per heavy atom. The third-order valence-electron chi connectivity index (χ3n) is 0.204. The van der Waals surface area contributed by atoms with Crippen molar-refractivity contribution in [3.8, 4) is 0 Å². The Morgan fingerprint density at radius 2 is 1.83 bits per heavy atom. The van der Waals surface area contributed by atoms with E-state index in [1.165, 1.54) is 0 Å². The minimum atomic E-state index is -0.602. The van der Waals surface area contributed by atoms with Gasteiger partial charge in [-0.05, 0) is 0 Å². The molecule has 0 aliphatic carbocycles. The fourth-order valence-electron chi connectivity index (χ4n) is 0.0618. The second-order valence-corrected chi connectivity index (χ2v) is 0.954. The average molecular weight is 109 g/mol. The van der Waals surface area contributed by atoms with Crippen LogP contribution in [0.3, 0.4) is 0 Å². The van der Waals surface area contributed by atoms with Crippen molar-refractivity contribution < 1.29 is 7.70 Å². The molecule has 0 unspecified atom stereocenters. The Labute approximate surface area is 37.4 Å². The maximum absolute atomic E-state index is 9.43. The lowest BCUT2D eigenvalue weighted by molar-refractivity contribution is 0.358. The molecule has 0 amide bonds. The highest BCUT2D eigenvalue weighted by molar-refractivity contribution is 6.93. The molecule has 0 aliphatic rings. The summed E-state index contributed by atoms with van der Waals surface area (Å²) in [5, 5.41) is 0. The van der Waals surface area contributed by atoms with Crippen molar-refractivity contribution in [1.82, 2.24) is 6.15 Å². The summed E-state index contributed by atoms with van der Waals surface area (Å²) in [6.07, 6.45) is 0. The van der Waals surface area contributed by atoms with E-state index in [-0.39, 0.29) is 6.15 Å². The van der Waals surface area contributed by atoms with Crippen LogP contribution < -0.4 is 12.0 Å². The highest BCUT2D eigenvalue weighted by Crippen LogP contribution is 1.83. The SMILES string of the molecule is N.O=c1oso1. The second kappa shape index (κ2) is 1.78. The molecule has 1 rings (SSSR count). The van der Waals surface area contributed by atoms with Gasteiger partial charge in [0.05, 0.1) is 0 Å². The van der Waals surface area contributed by atoms with Crippen LogP contribution in [0, 0.1) is 0 Å². The summed E-state index contributed by atoms with van der Waals surface area (Å²) in [6.45, 7) is 0. The molecule has 0 radical (unpaired) electrons. The van der Waals surface area contributed by atoms with Crippen LogP contribution >= 0.6 is 11.9 Å². The van der Waals surface area contributed by atoms with E-state index in [1.807, 2.05) is 0 Å². The van der Waals surface area contributed by atoms with Gasteiger partial charge in [-0.15, -0.1) is 0 Å². The van der Waals surface area contributed by atoms with Gasteiger partial charge in [-0.1, -0.05) is 0 Å². The zero-order valence-corrected chi connectivity index (χ0v) is 3.66. The summed E-state index contributed by atoms with van der Waals surface area (Å²) in [7, 11) is 0. The Morgan fingerprint density at radius 1 is 1.50 bits per heavy atom. The number of rotatable bonds is 0. The average Bonchev–Trinajstić information content (AvgIpc) is 1.30. The third kappa shape index (κ3) is 0.697. The van der Waals surface area contributed by atoms with Crippen molar-refractivity contribution in [1.29, 1.82) is 0 Å². The fourth-order valence-corrected chi connectivity index (χ4v) is 0.185. The Bertz CT molecular complexity index is 125. The van der Waals surface area contributed by atoms with Crippen LogP contribution in [0.1, 0.15) is 0 Å². The first-order chi connectivity index (χ1) is 2.39. The molecule has 0 atom stereocenters. The monoisotopic (exact) mass is 109 g/mol. The van der Waals surface area contributed by atoms with Gasteiger partial charge in [-0.25, -0.2) is 4.79 Å². The van der Waals surface area contributed by atoms with E-state index in [0.717, 1.165) is 0 Å². The summed E-state index contributed by atoms with van der Waals surface area (Å²) >= 11 is 0.696. The molecular formula is CH3NO3S. The topological polar surface area (TPSA) is 78.4 Å². The molecule has 3 N–H and O–H groups in total. The molecule has 0 saturated heterocycles. The van der Waals surface area contributed by atoms with E-state index in [2.05, 4.69) is 7.70 Å². The van der Waals surface area contributed by atoms with Gasteiger partial charge in [0.2, 0.25) is 0 Å². The van der Waals surface area contributed by atoms with Gasteiger partial charge in [0.15, 0.2) is 0 Å². The van der Waals surface area contributed by atoms with Crippen molar-refractivity contribution >= 4 is 11.9 Å². The second-order valence-electron chi connectivity index (χ2n) is 0.485. The van der Waals surface area contributed by atoms with Crippen LogP contribution in [-0.4, -0.2) is 0 Å². The minimum Gasteiger partial charge on any atom is -0.344 e. The van der Waals surface area contributed by atoms with E-state index in [1.54, 1.807) is 0 Å². The quantitative estimate of drug-likeness (QED) is 0.524. The molecule has 36 valence electrons. The summed E-state index contributed by atoms with van der Waals surface area (Å²) in [4.78, 5) is 9.43. The Kier molecular flexibility index (Phi) is 1.62. The van der Waals surface area contributed by atoms with E-state index in [9.17, 15) is 4.79 Å². The first-order valence-electron chi connectivity index (χ1n) is 0.946. The van der Waals surface area contributed by atoms with Crippen LogP contribution in [0.5, 0.6) is 0 Å².